The van der Waals surface area contributed by atoms with Crippen LogP contribution in [0.5, 0.6) is 5.75 Å². The van der Waals surface area contributed by atoms with Crippen LogP contribution in [-0.2, 0) is 4.74 Å². The second kappa shape index (κ2) is 6.89. The van der Waals surface area contributed by atoms with Gasteiger partial charge in [0.05, 0.1) is 19.4 Å². The molecule has 0 aromatic heterocycles. The topological polar surface area (TPSA) is 61.5 Å². The molecule has 0 saturated heterocycles. The Labute approximate surface area is 108 Å². The van der Waals surface area contributed by atoms with E-state index >= 15 is 0 Å². The van der Waals surface area contributed by atoms with E-state index in [4.69, 9.17) is 15.2 Å². The molecule has 0 fully saturated rings. The monoisotopic (exact) mass is 251 g/mol. The first-order valence-corrected chi connectivity index (χ1v) is 6.15. The number of carbonyl (C=O) groups is 1. The molecule has 4 heteroatoms. The van der Waals surface area contributed by atoms with Gasteiger partial charge in [-0.15, -0.1) is 0 Å². The number of anilines is 1. The van der Waals surface area contributed by atoms with Crippen LogP contribution in [0.1, 0.15) is 37.0 Å². The van der Waals surface area contributed by atoms with Gasteiger partial charge in [-0.1, -0.05) is 19.9 Å². The summed E-state index contributed by atoms with van der Waals surface area (Å²) < 4.78 is 10.3. The minimum atomic E-state index is -0.386. The van der Waals surface area contributed by atoms with Gasteiger partial charge in [0.1, 0.15) is 5.56 Å². The predicted molar refractivity (Wildman–Crippen MR) is 71.8 cm³/mol. The molecule has 0 aliphatic rings. The Morgan fingerprint density at radius 2 is 2.11 bits per heavy atom. The van der Waals surface area contributed by atoms with Gasteiger partial charge in [0.2, 0.25) is 0 Å². The Morgan fingerprint density at radius 1 is 1.39 bits per heavy atom. The largest absolute Gasteiger partial charge is 0.494 e. The number of nitrogens with two attached hydrogens (primary N) is 1. The third-order valence-corrected chi connectivity index (χ3v) is 2.63. The zero-order valence-electron chi connectivity index (χ0n) is 11.2. The van der Waals surface area contributed by atoms with Crippen molar-refractivity contribution in [2.45, 2.75) is 26.7 Å². The van der Waals surface area contributed by atoms with Crippen molar-refractivity contribution in [2.75, 3.05) is 19.5 Å². The van der Waals surface area contributed by atoms with E-state index in [1.807, 2.05) is 0 Å². The summed E-state index contributed by atoms with van der Waals surface area (Å²) in [6.07, 6.45) is 1.91. The number of ether oxygens (including phenoxy) is 2. The molecule has 18 heavy (non-hydrogen) atoms. The summed E-state index contributed by atoms with van der Waals surface area (Å²) in [5.74, 6) is 0.611. The highest BCUT2D eigenvalue weighted by atomic mass is 16.5. The summed E-state index contributed by atoms with van der Waals surface area (Å²) >= 11 is 0. The molecule has 0 saturated carbocycles. The highest BCUT2D eigenvalue weighted by molar-refractivity contribution is 5.94. The van der Waals surface area contributed by atoms with Gasteiger partial charge in [0, 0.05) is 0 Å². The van der Waals surface area contributed by atoms with Crippen molar-refractivity contribution < 1.29 is 14.3 Å². The normalized spacial score (nSPS) is 10.4. The number of carbonyl (C=O) groups excluding carboxylic acids is 1. The summed E-state index contributed by atoms with van der Waals surface area (Å²) in [6, 6.07) is 5.05. The zero-order valence-corrected chi connectivity index (χ0v) is 11.2. The summed E-state index contributed by atoms with van der Waals surface area (Å²) in [5, 5.41) is 0. The van der Waals surface area contributed by atoms with E-state index in [9.17, 15) is 4.79 Å². The fourth-order valence-electron chi connectivity index (χ4n) is 1.68. The quantitative estimate of drug-likeness (QED) is 0.480. The molecule has 100 valence electrons. The van der Waals surface area contributed by atoms with E-state index in [2.05, 4.69) is 13.8 Å². The Morgan fingerprint density at radius 3 is 2.72 bits per heavy atom. The summed E-state index contributed by atoms with van der Waals surface area (Å²) in [6.45, 7) is 4.71. The molecule has 0 aliphatic heterocycles. The van der Waals surface area contributed by atoms with Gasteiger partial charge in [-0.2, -0.15) is 0 Å². The van der Waals surface area contributed by atoms with Crippen LogP contribution in [0.15, 0.2) is 18.2 Å². The van der Waals surface area contributed by atoms with Crippen molar-refractivity contribution in [2.24, 2.45) is 5.92 Å². The molecular formula is C14H21NO3. The molecule has 0 spiro atoms. The van der Waals surface area contributed by atoms with Gasteiger partial charge in [-0.05, 0) is 30.9 Å². The molecule has 0 heterocycles. The van der Waals surface area contributed by atoms with Crippen molar-refractivity contribution in [1.82, 2.24) is 0 Å². The lowest BCUT2D eigenvalue weighted by Gasteiger charge is -2.11. The fourth-order valence-corrected chi connectivity index (χ4v) is 1.68. The number of hydrogen-bond donors (Lipinski definition) is 1. The van der Waals surface area contributed by atoms with Gasteiger partial charge in [0.25, 0.3) is 0 Å². The maximum atomic E-state index is 11.9. The van der Waals surface area contributed by atoms with Crippen molar-refractivity contribution >= 4 is 11.7 Å². The number of rotatable bonds is 6. The average molecular weight is 251 g/mol. The standard InChI is InChI=1S/C14H21NO3/c1-10(2)6-5-9-18-14(16)11-7-4-8-12(15)13(11)17-3/h4,7-8,10H,5-6,9,15H2,1-3H3. The maximum Gasteiger partial charge on any atom is 0.342 e. The van der Waals surface area contributed by atoms with Gasteiger partial charge in [0.15, 0.2) is 5.75 Å². The van der Waals surface area contributed by atoms with E-state index in [1.165, 1.54) is 7.11 Å². The van der Waals surface area contributed by atoms with E-state index in [0.717, 1.165) is 12.8 Å². The minimum Gasteiger partial charge on any atom is -0.494 e. The van der Waals surface area contributed by atoms with Crippen LogP contribution in [0.3, 0.4) is 0 Å². The number of hydrogen-bond acceptors (Lipinski definition) is 4. The van der Waals surface area contributed by atoms with Gasteiger partial charge in [-0.3, -0.25) is 0 Å². The predicted octanol–water partition coefficient (Wildman–Crippen LogP) is 2.87. The van der Waals surface area contributed by atoms with Gasteiger partial charge >= 0.3 is 5.97 Å². The molecule has 0 atom stereocenters. The molecule has 1 aromatic carbocycles. The molecule has 2 N–H and O–H groups in total. The molecule has 4 nitrogen and oxygen atoms in total. The second-order valence-electron chi connectivity index (χ2n) is 4.60. The number of methoxy groups -OCH3 is 1. The molecule has 0 bridgehead atoms. The van der Waals surface area contributed by atoms with E-state index in [0.29, 0.717) is 29.5 Å². The lowest BCUT2D eigenvalue weighted by molar-refractivity contribution is 0.0491. The second-order valence-corrected chi connectivity index (χ2v) is 4.60. The highest BCUT2D eigenvalue weighted by Gasteiger charge is 2.15. The van der Waals surface area contributed by atoms with Crippen LogP contribution in [-0.4, -0.2) is 19.7 Å². The third-order valence-electron chi connectivity index (χ3n) is 2.63. The van der Waals surface area contributed by atoms with Crippen LogP contribution < -0.4 is 10.5 Å². The number of esters is 1. The van der Waals surface area contributed by atoms with Crippen molar-refractivity contribution in [3.63, 3.8) is 0 Å². The lowest BCUT2D eigenvalue weighted by atomic mass is 10.1. The van der Waals surface area contributed by atoms with Crippen LogP contribution in [0.4, 0.5) is 5.69 Å². The van der Waals surface area contributed by atoms with Crippen LogP contribution in [0, 0.1) is 5.92 Å². The molecule has 1 aromatic rings. The Hall–Kier alpha value is -1.71. The van der Waals surface area contributed by atoms with Gasteiger partial charge in [-0.25, -0.2) is 4.79 Å². The molecule has 0 radical (unpaired) electrons. The average Bonchev–Trinajstić information content (AvgIpc) is 2.33. The van der Waals surface area contributed by atoms with Crippen molar-refractivity contribution in [3.8, 4) is 5.75 Å². The molecular weight excluding hydrogens is 230 g/mol. The Balaban J connectivity index is 2.59. The smallest absolute Gasteiger partial charge is 0.342 e. The lowest BCUT2D eigenvalue weighted by Crippen LogP contribution is -2.09. The van der Waals surface area contributed by atoms with E-state index in [-0.39, 0.29) is 5.97 Å². The van der Waals surface area contributed by atoms with E-state index in [1.54, 1.807) is 18.2 Å². The first-order chi connectivity index (χ1) is 8.56. The van der Waals surface area contributed by atoms with Crippen LogP contribution in [0.2, 0.25) is 0 Å². The molecule has 0 aliphatic carbocycles. The van der Waals surface area contributed by atoms with Gasteiger partial charge < -0.3 is 15.2 Å². The number of para-hydroxylation sites is 1. The maximum absolute atomic E-state index is 11.9. The van der Waals surface area contributed by atoms with Crippen molar-refractivity contribution in [1.29, 1.82) is 0 Å². The van der Waals surface area contributed by atoms with Crippen molar-refractivity contribution in [3.05, 3.63) is 23.8 Å². The number of benzene rings is 1. The molecule has 0 unspecified atom stereocenters. The third kappa shape index (κ3) is 3.95. The highest BCUT2D eigenvalue weighted by Crippen LogP contribution is 2.26. The first-order valence-electron chi connectivity index (χ1n) is 6.15. The van der Waals surface area contributed by atoms with Crippen LogP contribution in [0.25, 0.3) is 0 Å². The first kappa shape index (κ1) is 14.4. The SMILES string of the molecule is COc1c(N)cccc1C(=O)OCCCC(C)C. The van der Waals surface area contributed by atoms with E-state index < -0.39 is 0 Å². The minimum absolute atomic E-state index is 0.377. The fraction of sp³-hybridized carbons (Fsp3) is 0.500. The Bertz CT molecular complexity index is 402. The summed E-state index contributed by atoms with van der Waals surface area (Å²) in [7, 11) is 1.49. The number of nitrogen functional groups attached to an aromatic ring is 1. The zero-order chi connectivity index (χ0) is 13.5. The molecule has 1 rings (SSSR count). The summed E-state index contributed by atoms with van der Waals surface area (Å²) in [5.41, 5.74) is 6.55. The summed E-state index contributed by atoms with van der Waals surface area (Å²) in [4.78, 5) is 11.9. The molecule has 0 amide bonds. The van der Waals surface area contributed by atoms with Crippen LogP contribution >= 0.6 is 0 Å². The Kier molecular flexibility index (Phi) is 5.49.